The van der Waals surface area contributed by atoms with Gasteiger partial charge in [-0.2, -0.15) is 0 Å². The third-order valence-electron chi connectivity index (χ3n) is 3.99. The van der Waals surface area contributed by atoms with Crippen LogP contribution >= 0.6 is 22.7 Å². The fraction of sp³-hybridized carbons (Fsp3) is 0.190. The van der Waals surface area contributed by atoms with Crippen LogP contribution in [0.1, 0.15) is 20.1 Å². The van der Waals surface area contributed by atoms with Gasteiger partial charge in [0.2, 0.25) is 0 Å². The minimum atomic E-state index is -0.488. The molecule has 0 radical (unpaired) electrons. The minimum absolute atomic E-state index is 0.286. The van der Waals surface area contributed by atoms with Crippen LogP contribution in [0.15, 0.2) is 54.4 Å². The predicted molar refractivity (Wildman–Crippen MR) is 114 cm³/mol. The number of benzene rings is 1. The minimum Gasteiger partial charge on any atom is -0.452 e. The molecule has 0 atom stereocenters. The van der Waals surface area contributed by atoms with E-state index in [1.807, 2.05) is 49.6 Å². The molecule has 0 N–H and O–H groups in total. The number of amides is 1. The van der Waals surface area contributed by atoms with E-state index in [-0.39, 0.29) is 19.1 Å². The van der Waals surface area contributed by atoms with E-state index in [1.165, 1.54) is 27.6 Å². The Morgan fingerprint density at radius 3 is 2.64 bits per heavy atom. The number of anilines is 1. The van der Waals surface area contributed by atoms with Crippen molar-refractivity contribution in [2.24, 2.45) is 0 Å². The topological polar surface area (TPSA) is 59.5 Å². The van der Waals surface area contributed by atoms with Gasteiger partial charge in [0.05, 0.1) is 11.3 Å². The van der Waals surface area contributed by atoms with Crippen molar-refractivity contribution < 1.29 is 14.3 Å². The van der Waals surface area contributed by atoms with Crippen molar-refractivity contribution in [2.45, 2.75) is 13.8 Å². The molecule has 2 aromatic heterocycles. The maximum absolute atomic E-state index is 12.7. The van der Waals surface area contributed by atoms with Gasteiger partial charge in [0, 0.05) is 27.2 Å². The third-order valence-corrected chi connectivity index (χ3v) is 5.82. The molecule has 0 fully saturated rings. The zero-order valence-electron chi connectivity index (χ0n) is 15.7. The molecule has 0 aliphatic carbocycles. The summed E-state index contributed by atoms with van der Waals surface area (Å²) < 4.78 is 5.24. The fourth-order valence-corrected chi connectivity index (χ4v) is 4.43. The van der Waals surface area contributed by atoms with Gasteiger partial charge in [-0.15, -0.1) is 29.3 Å². The Morgan fingerprint density at radius 2 is 2.00 bits per heavy atom. The third kappa shape index (κ3) is 4.55. The molecule has 0 unspecified atom stereocenters. The van der Waals surface area contributed by atoms with E-state index in [0.29, 0.717) is 10.7 Å². The summed E-state index contributed by atoms with van der Waals surface area (Å²) in [5, 5.41) is 2.44. The summed E-state index contributed by atoms with van der Waals surface area (Å²) in [6, 6.07) is 11.5. The van der Waals surface area contributed by atoms with Crippen LogP contribution in [0.2, 0.25) is 0 Å². The second-order valence-corrected chi connectivity index (χ2v) is 8.37. The number of ether oxygens (including phenoxy) is 1. The summed E-state index contributed by atoms with van der Waals surface area (Å²) in [5.74, 6) is -0.829. The SMILES string of the molecule is C=CCN(C(=O)COC(=O)c1cc(C)sc1C)c1nc(-c2ccccc2)cs1. The molecule has 0 aliphatic rings. The first-order chi connectivity index (χ1) is 13.5. The highest BCUT2D eigenvalue weighted by Crippen LogP contribution is 2.27. The number of hydrogen-bond donors (Lipinski definition) is 0. The van der Waals surface area contributed by atoms with Crippen molar-refractivity contribution in [1.82, 2.24) is 4.98 Å². The molecule has 0 saturated carbocycles. The van der Waals surface area contributed by atoms with E-state index < -0.39 is 5.97 Å². The molecule has 0 aliphatic heterocycles. The van der Waals surface area contributed by atoms with Crippen molar-refractivity contribution in [3.8, 4) is 11.3 Å². The highest BCUT2D eigenvalue weighted by molar-refractivity contribution is 7.14. The Kier molecular flexibility index (Phi) is 6.38. The van der Waals surface area contributed by atoms with Crippen molar-refractivity contribution in [3.05, 3.63) is 69.8 Å². The zero-order valence-corrected chi connectivity index (χ0v) is 17.3. The highest BCUT2D eigenvalue weighted by atomic mass is 32.1. The summed E-state index contributed by atoms with van der Waals surface area (Å²) in [6.45, 7) is 7.44. The Labute approximate surface area is 171 Å². The summed E-state index contributed by atoms with van der Waals surface area (Å²) in [6.07, 6.45) is 1.62. The Balaban J connectivity index is 1.70. The number of rotatable bonds is 7. The number of thiazole rings is 1. The van der Waals surface area contributed by atoms with Crippen molar-refractivity contribution >= 4 is 39.7 Å². The van der Waals surface area contributed by atoms with Gasteiger partial charge in [-0.25, -0.2) is 9.78 Å². The van der Waals surface area contributed by atoms with Crippen LogP contribution in [-0.2, 0) is 9.53 Å². The molecular weight excluding hydrogens is 392 g/mol. The second kappa shape index (κ2) is 8.95. The van der Waals surface area contributed by atoms with E-state index in [0.717, 1.165) is 21.0 Å². The van der Waals surface area contributed by atoms with Crippen LogP contribution < -0.4 is 4.90 Å². The molecule has 3 aromatic rings. The maximum atomic E-state index is 12.7. The van der Waals surface area contributed by atoms with E-state index >= 15 is 0 Å². The van der Waals surface area contributed by atoms with Crippen LogP contribution in [0.4, 0.5) is 5.13 Å². The van der Waals surface area contributed by atoms with Gasteiger partial charge >= 0.3 is 5.97 Å². The first kappa shape index (κ1) is 20.0. The molecular formula is C21H20N2O3S2. The fourth-order valence-electron chi connectivity index (χ4n) is 2.66. The molecule has 0 saturated heterocycles. The smallest absolute Gasteiger partial charge is 0.339 e. The lowest BCUT2D eigenvalue weighted by molar-refractivity contribution is -0.121. The summed E-state index contributed by atoms with van der Waals surface area (Å²) in [7, 11) is 0. The molecule has 144 valence electrons. The van der Waals surface area contributed by atoms with Gasteiger partial charge < -0.3 is 4.74 Å². The van der Waals surface area contributed by atoms with Crippen LogP contribution in [0.3, 0.4) is 0 Å². The first-order valence-corrected chi connectivity index (χ1v) is 10.4. The van der Waals surface area contributed by atoms with Crippen LogP contribution in [0, 0.1) is 13.8 Å². The molecule has 1 aromatic carbocycles. The molecule has 5 nitrogen and oxygen atoms in total. The second-order valence-electron chi connectivity index (χ2n) is 6.08. The van der Waals surface area contributed by atoms with E-state index in [4.69, 9.17) is 4.74 Å². The van der Waals surface area contributed by atoms with E-state index in [1.54, 1.807) is 12.1 Å². The molecule has 0 spiro atoms. The molecule has 0 bridgehead atoms. The summed E-state index contributed by atoms with van der Waals surface area (Å²) >= 11 is 2.89. The van der Waals surface area contributed by atoms with Crippen molar-refractivity contribution in [1.29, 1.82) is 0 Å². The lowest BCUT2D eigenvalue weighted by Gasteiger charge is -2.17. The van der Waals surface area contributed by atoms with Gasteiger partial charge in [0.25, 0.3) is 5.91 Å². The standard InChI is InChI=1S/C21H20N2O3S2/c1-4-10-23(21-22-18(13-27-21)16-8-6-5-7-9-16)19(24)12-26-20(25)17-11-14(2)28-15(17)3/h4-9,11,13H,1,10,12H2,2-3H3. The number of nitrogens with zero attached hydrogens (tertiary/aromatic N) is 2. The van der Waals surface area contributed by atoms with Crippen LogP contribution in [0.5, 0.6) is 0 Å². The normalized spacial score (nSPS) is 10.5. The lowest BCUT2D eigenvalue weighted by atomic mass is 10.2. The van der Waals surface area contributed by atoms with Crippen molar-refractivity contribution in [2.75, 3.05) is 18.1 Å². The lowest BCUT2D eigenvalue weighted by Crippen LogP contribution is -2.34. The quantitative estimate of drug-likeness (QED) is 0.411. The van der Waals surface area contributed by atoms with Crippen LogP contribution in [0.25, 0.3) is 11.3 Å². The highest BCUT2D eigenvalue weighted by Gasteiger charge is 2.21. The number of hydrogen-bond acceptors (Lipinski definition) is 6. The molecule has 28 heavy (non-hydrogen) atoms. The van der Waals surface area contributed by atoms with Crippen LogP contribution in [-0.4, -0.2) is 30.0 Å². The summed E-state index contributed by atoms with van der Waals surface area (Å²) in [5.41, 5.74) is 2.28. The van der Waals surface area contributed by atoms with Gasteiger partial charge in [-0.3, -0.25) is 9.69 Å². The van der Waals surface area contributed by atoms with Crippen molar-refractivity contribution in [3.63, 3.8) is 0 Å². The zero-order chi connectivity index (χ0) is 20.1. The van der Waals surface area contributed by atoms with E-state index in [9.17, 15) is 9.59 Å². The number of carbonyl (C=O) groups is 2. The van der Waals surface area contributed by atoms with Gasteiger partial charge in [-0.05, 0) is 19.9 Å². The average molecular weight is 413 g/mol. The predicted octanol–water partition coefficient (Wildman–Crippen LogP) is 4.86. The number of esters is 1. The Bertz CT molecular complexity index is 992. The Morgan fingerprint density at radius 1 is 1.25 bits per heavy atom. The molecule has 7 heteroatoms. The Hall–Kier alpha value is -2.77. The molecule has 2 heterocycles. The maximum Gasteiger partial charge on any atom is 0.339 e. The van der Waals surface area contributed by atoms with Gasteiger partial charge in [0.1, 0.15) is 0 Å². The average Bonchev–Trinajstić information content (AvgIpc) is 3.31. The first-order valence-electron chi connectivity index (χ1n) is 8.66. The largest absolute Gasteiger partial charge is 0.452 e. The van der Waals surface area contributed by atoms with Gasteiger partial charge in [0.15, 0.2) is 11.7 Å². The number of aryl methyl sites for hydroxylation is 2. The summed E-state index contributed by atoms with van der Waals surface area (Å²) in [4.78, 5) is 32.9. The number of aromatic nitrogens is 1. The van der Waals surface area contributed by atoms with Gasteiger partial charge in [-0.1, -0.05) is 36.4 Å². The monoisotopic (exact) mass is 412 g/mol. The van der Waals surface area contributed by atoms with E-state index in [2.05, 4.69) is 11.6 Å². The number of thiophene rings is 1. The number of carbonyl (C=O) groups excluding carboxylic acids is 2. The molecule has 1 amide bonds. The molecule has 3 rings (SSSR count).